The molecule has 0 radical (unpaired) electrons. The maximum atomic E-state index is 12.6. The number of nitrogens with two attached hydrogens (primary N) is 1. The lowest BCUT2D eigenvalue weighted by molar-refractivity contribution is -0.219. The summed E-state index contributed by atoms with van der Waals surface area (Å²) >= 11 is 0. The number of nitrogen functional groups attached to an aromatic ring is 1. The zero-order valence-corrected chi connectivity index (χ0v) is 27.3. The first-order valence-electron chi connectivity index (χ1n) is 16.4. The van der Waals surface area contributed by atoms with E-state index in [-0.39, 0.29) is 30.2 Å². The zero-order valence-electron chi connectivity index (χ0n) is 27.3. The molecule has 47 heavy (non-hydrogen) atoms. The minimum Gasteiger partial charge on any atom is -0.444 e. The number of nitrogens with zero attached hydrogens (tertiary/aromatic N) is 3. The molecule has 11 nitrogen and oxygen atoms in total. The van der Waals surface area contributed by atoms with Crippen LogP contribution in [0.2, 0.25) is 0 Å². The fourth-order valence-electron chi connectivity index (χ4n) is 6.46. The highest BCUT2D eigenvalue weighted by molar-refractivity contribution is 6.01. The van der Waals surface area contributed by atoms with Crippen LogP contribution in [0.15, 0.2) is 67.1 Å². The summed E-state index contributed by atoms with van der Waals surface area (Å²) in [6.45, 7) is 6.28. The molecule has 0 unspecified atom stereocenters. The molecule has 4 aromatic rings. The topological polar surface area (TPSA) is 143 Å². The SMILES string of the molecule is CC(C)(C)OC(=O)NC1COC(C2CCC(n3cc(-c4ccc(NC(=O)CCc5ccccc5)cc4)c4c(N)ncnc43)CC2)OC1. The smallest absolute Gasteiger partial charge is 0.408 e. The molecule has 2 aromatic carbocycles. The van der Waals surface area contributed by atoms with E-state index in [9.17, 15) is 9.59 Å². The highest BCUT2D eigenvalue weighted by Gasteiger charge is 2.34. The molecule has 6 rings (SSSR count). The van der Waals surface area contributed by atoms with Gasteiger partial charge in [0, 0.05) is 35.8 Å². The van der Waals surface area contributed by atoms with Crippen molar-refractivity contribution in [2.45, 2.75) is 83.3 Å². The molecule has 248 valence electrons. The van der Waals surface area contributed by atoms with Crippen molar-refractivity contribution in [3.8, 4) is 11.1 Å². The van der Waals surface area contributed by atoms with E-state index in [0.29, 0.717) is 31.9 Å². The fourth-order valence-corrected chi connectivity index (χ4v) is 6.46. The van der Waals surface area contributed by atoms with E-state index < -0.39 is 11.7 Å². The largest absolute Gasteiger partial charge is 0.444 e. The molecular formula is C36H44N6O5. The van der Waals surface area contributed by atoms with Gasteiger partial charge in [0.15, 0.2) is 6.29 Å². The second kappa shape index (κ2) is 14.1. The van der Waals surface area contributed by atoms with E-state index >= 15 is 0 Å². The van der Waals surface area contributed by atoms with Crippen LogP contribution in [0.4, 0.5) is 16.3 Å². The molecule has 0 atom stereocenters. The van der Waals surface area contributed by atoms with Gasteiger partial charge >= 0.3 is 6.09 Å². The standard InChI is InChI=1S/C36H44N6O5/c1-36(2,3)47-35(44)41-27-20-45-34(46-21-27)25-12-16-28(17-13-25)42-19-29(31-32(37)38-22-39-33(31)42)24-10-14-26(15-11-24)40-30(43)18-9-23-7-5-4-6-8-23/h4-8,10-11,14-15,19,22,25,27-28,34H,9,12-13,16-18,20-21H2,1-3H3,(H,40,43)(H,41,44)(H2,37,38,39). The number of hydrogen-bond acceptors (Lipinski definition) is 8. The molecule has 1 aliphatic carbocycles. The number of aryl methyl sites for hydroxylation is 1. The van der Waals surface area contributed by atoms with Crippen molar-refractivity contribution in [3.63, 3.8) is 0 Å². The van der Waals surface area contributed by atoms with Gasteiger partial charge in [0.05, 0.1) is 24.6 Å². The number of ether oxygens (including phenoxy) is 3. The first-order chi connectivity index (χ1) is 22.6. The first-order valence-corrected chi connectivity index (χ1v) is 16.4. The van der Waals surface area contributed by atoms with Gasteiger partial charge in [0.25, 0.3) is 0 Å². The van der Waals surface area contributed by atoms with Gasteiger partial charge < -0.3 is 35.1 Å². The number of carbonyl (C=O) groups excluding carboxylic acids is 2. The van der Waals surface area contributed by atoms with E-state index in [4.69, 9.17) is 19.9 Å². The Balaban J connectivity index is 1.07. The molecule has 1 saturated heterocycles. The monoisotopic (exact) mass is 640 g/mol. The molecule has 2 fully saturated rings. The second-order valence-corrected chi connectivity index (χ2v) is 13.5. The number of carbonyl (C=O) groups is 2. The van der Waals surface area contributed by atoms with Crippen molar-refractivity contribution in [1.29, 1.82) is 0 Å². The van der Waals surface area contributed by atoms with Crippen molar-refractivity contribution < 1.29 is 23.8 Å². The van der Waals surface area contributed by atoms with Crippen LogP contribution in [0.25, 0.3) is 22.2 Å². The van der Waals surface area contributed by atoms with E-state index in [2.05, 4.69) is 31.4 Å². The van der Waals surface area contributed by atoms with Crippen LogP contribution < -0.4 is 16.4 Å². The summed E-state index contributed by atoms with van der Waals surface area (Å²) in [5.74, 6) is 0.687. The Labute approximate surface area is 275 Å². The Morgan fingerprint density at radius 3 is 2.36 bits per heavy atom. The predicted molar refractivity (Wildman–Crippen MR) is 181 cm³/mol. The summed E-state index contributed by atoms with van der Waals surface area (Å²) in [6.07, 6.45) is 7.76. The number of fused-ring (bicyclic) bond motifs is 1. The predicted octanol–water partition coefficient (Wildman–Crippen LogP) is 6.25. The molecule has 1 aliphatic heterocycles. The van der Waals surface area contributed by atoms with Crippen LogP contribution in [0, 0.1) is 5.92 Å². The number of amides is 2. The number of aromatic nitrogens is 3. The molecular weight excluding hydrogens is 596 g/mol. The summed E-state index contributed by atoms with van der Waals surface area (Å²) in [6, 6.07) is 17.8. The molecule has 1 saturated carbocycles. The number of benzene rings is 2. The quantitative estimate of drug-likeness (QED) is 0.205. The van der Waals surface area contributed by atoms with Crippen molar-refractivity contribution in [2.24, 2.45) is 5.92 Å². The Bertz CT molecular complexity index is 1670. The number of hydrogen-bond donors (Lipinski definition) is 3. The normalized spacial score (nSPS) is 21.7. The van der Waals surface area contributed by atoms with Gasteiger partial charge in [-0.2, -0.15) is 0 Å². The summed E-state index contributed by atoms with van der Waals surface area (Å²) < 4.78 is 19.7. The van der Waals surface area contributed by atoms with E-state index in [0.717, 1.165) is 59.1 Å². The summed E-state index contributed by atoms with van der Waals surface area (Å²) in [4.78, 5) is 33.6. The average Bonchev–Trinajstić information content (AvgIpc) is 3.45. The number of alkyl carbamates (subject to hydrolysis) is 1. The van der Waals surface area contributed by atoms with Crippen LogP contribution in [0.5, 0.6) is 0 Å². The molecule has 2 aliphatic rings. The molecule has 0 bridgehead atoms. The highest BCUT2D eigenvalue weighted by Crippen LogP contribution is 2.41. The van der Waals surface area contributed by atoms with Gasteiger partial charge in [-0.15, -0.1) is 0 Å². The lowest BCUT2D eigenvalue weighted by atomic mass is 9.85. The minimum atomic E-state index is -0.558. The van der Waals surface area contributed by atoms with Crippen LogP contribution >= 0.6 is 0 Å². The van der Waals surface area contributed by atoms with Gasteiger partial charge in [0.2, 0.25) is 5.91 Å². The van der Waals surface area contributed by atoms with E-state index in [1.807, 2.05) is 75.4 Å². The maximum Gasteiger partial charge on any atom is 0.408 e. The summed E-state index contributed by atoms with van der Waals surface area (Å²) in [5, 5.41) is 6.67. The van der Waals surface area contributed by atoms with Crippen LogP contribution in [-0.4, -0.2) is 57.7 Å². The molecule has 2 aromatic heterocycles. The third-order valence-electron chi connectivity index (χ3n) is 8.77. The molecule has 0 spiro atoms. The number of anilines is 2. The van der Waals surface area contributed by atoms with Crippen LogP contribution in [0.1, 0.15) is 64.5 Å². The summed E-state index contributed by atoms with van der Waals surface area (Å²) in [7, 11) is 0. The third-order valence-corrected chi connectivity index (χ3v) is 8.77. The Morgan fingerprint density at radius 2 is 1.68 bits per heavy atom. The van der Waals surface area contributed by atoms with Crippen LogP contribution in [-0.2, 0) is 25.4 Å². The highest BCUT2D eigenvalue weighted by atomic mass is 16.7. The van der Waals surface area contributed by atoms with Crippen molar-refractivity contribution in [1.82, 2.24) is 19.9 Å². The number of rotatable bonds is 8. The zero-order chi connectivity index (χ0) is 33.0. The minimum absolute atomic E-state index is 0.0206. The van der Waals surface area contributed by atoms with Crippen LogP contribution in [0.3, 0.4) is 0 Å². The average molecular weight is 641 g/mol. The van der Waals surface area contributed by atoms with Crippen molar-refractivity contribution in [2.75, 3.05) is 24.3 Å². The molecule has 4 N–H and O–H groups in total. The molecule has 2 amide bonds. The Kier molecular flexibility index (Phi) is 9.74. The lowest BCUT2D eigenvalue weighted by Crippen LogP contribution is -2.50. The van der Waals surface area contributed by atoms with Gasteiger partial charge in [-0.25, -0.2) is 14.8 Å². The van der Waals surface area contributed by atoms with Gasteiger partial charge in [0.1, 0.15) is 23.4 Å². The van der Waals surface area contributed by atoms with Crippen molar-refractivity contribution in [3.05, 3.63) is 72.7 Å². The summed E-state index contributed by atoms with van der Waals surface area (Å²) in [5.41, 5.74) is 10.5. The van der Waals surface area contributed by atoms with E-state index in [1.54, 1.807) is 0 Å². The third kappa shape index (κ3) is 8.09. The van der Waals surface area contributed by atoms with Gasteiger partial charge in [-0.05, 0) is 76.1 Å². The number of nitrogens with one attached hydrogen (secondary N) is 2. The van der Waals surface area contributed by atoms with Gasteiger partial charge in [-0.1, -0.05) is 42.5 Å². The van der Waals surface area contributed by atoms with Crippen molar-refractivity contribution >= 4 is 34.5 Å². The Hall–Kier alpha value is -4.48. The maximum absolute atomic E-state index is 12.6. The first kappa shape index (κ1) is 32.5. The molecule has 11 heteroatoms. The second-order valence-electron chi connectivity index (χ2n) is 13.5. The van der Waals surface area contributed by atoms with Gasteiger partial charge in [-0.3, -0.25) is 4.79 Å². The van der Waals surface area contributed by atoms with E-state index in [1.165, 1.54) is 6.33 Å². The fraction of sp³-hybridized carbons (Fsp3) is 0.444. The lowest BCUT2D eigenvalue weighted by Gasteiger charge is -2.38. The molecule has 3 heterocycles. The Morgan fingerprint density at radius 1 is 0.979 bits per heavy atom.